The van der Waals surface area contributed by atoms with Crippen LogP contribution in [0.5, 0.6) is 0 Å². The van der Waals surface area contributed by atoms with Gasteiger partial charge in [0.05, 0.1) is 0 Å². The summed E-state index contributed by atoms with van der Waals surface area (Å²) in [6.45, 7) is 9.90. The molecule has 2 fully saturated rings. The molecule has 1 unspecified atom stereocenters. The third-order valence-corrected chi connectivity index (χ3v) is 5.34. The molecule has 1 aliphatic carbocycles. The zero-order valence-corrected chi connectivity index (χ0v) is 15.0. The molecular weight excluding hydrogens is 292 g/mol. The van der Waals surface area contributed by atoms with Crippen molar-refractivity contribution in [3.8, 4) is 0 Å². The molecule has 23 heavy (non-hydrogen) atoms. The van der Waals surface area contributed by atoms with Crippen molar-refractivity contribution in [3.05, 3.63) is 0 Å². The topological polar surface area (TPSA) is 69.6 Å². The molecule has 132 valence electrons. The van der Waals surface area contributed by atoms with Gasteiger partial charge < -0.3 is 15.3 Å². The van der Waals surface area contributed by atoms with Gasteiger partial charge in [-0.3, -0.25) is 9.59 Å². The number of aliphatic hydroxyl groups excluding tert-OH is 1. The Morgan fingerprint density at radius 2 is 1.83 bits per heavy atom. The number of hydrogen-bond donors (Lipinski definition) is 2. The second-order valence-corrected chi connectivity index (χ2v) is 8.39. The molecule has 2 rings (SSSR count). The Labute approximate surface area is 139 Å². The van der Waals surface area contributed by atoms with Crippen LogP contribution in [0.3, 0.4) is 0 Å². The summed E-state index contributed by atoms with van der Waals surface area (Å²) in [5, 5.41) is 12.2. The highest BCUT2D eigenvalue weighted by atomic mass is 16.3. The second kappa shape index (κ2) is 7.20. The molecule has 0 radical (unpaired) electrons. The lowest BCUT2D eigenvalue weighted by Gasteiger charge is -2.34. The van der Waals surface area contributed by atoms with Gasteiger partial charge in [-0.25, -0.2) is 0 Å². The molecule has 0 aromatic rings. The average Bonchev–Trinajstić information content (AvgIpc) is 3.14. The molecule has 5 heteroatoms. The maximum Gasteiger partial charge on any atom is 0.245 e. The summed E-state index contributed by atoms with van der Waals surface area (Å²) in [4.78, 5) is 27.1. The van der Waals surface area contributed by atoms with E-state index in [0.29, 0.717) is 31.3 Å². The van der Waals surface area contributed by atoms with E-state index in [-0.39, 0.29) is 29.8 Å². The zero-order chi connectivity index (χ0) is 17.2. The van der Waals surface area contributed by atoms with Crippen LogP contribution in [0.1, 0.15) is 53.4 Å². The molecule has 2 N–H and O–H groups in total. The summed E-state index contributed by atoms with van der Waals surface area (Å²) in [7, 11) is 0. The number of nitrogens with zero attached hydrogens (tertiary/aromatic N) is 1. The van der Waals surface area contributed by atoms with E-state index in [1.54, 1.807) is 0 Å². The average molecular weight is 324 g/mol. The van der Waals surface area contributed by atoms with Crippen LogP contribution in [-0.2, 0) is 9.59 Å². The van der Waals surface area contributed by atoms with Crippen LogP contribution < -0.4 is 5.32 Å². The predicted molar refractivity (Wildman–Crippen MR) is 89.7 cm³/mol. The van der Waals surface area contributed by atoms with Gasteiger partial charge in [-0.15, -0.1) is 0 Å². The number of piperidine rings is 1. The molecule has 0 aromatic heterocycles. The van der Waals surface area contributed by atoms with Crippen LogP contribution in [0.2, 0.25) is 0 Å². The van der Waals surface area contributed by atoms with E-state index >= 15 is 0 Å². The Bertz CT molecular complexity index is 440. The smallest absolute Gasteiger partial charge is 0.245 e. The molecule has 2 aliphatic rings. The summed E-state index contributed by atoms with van der Waals surface area (Å²) in [5.74, 6) is 0.780. The first-order valence-electron chi connectivity index (χ1n) is 8.94. The van der Waals surface area contributed by atoms with Crippen molar-refractivity contribution in [3.63, 3.8) is 0 Å². The lowest BCUT2D eigenvalue weighted by Crippen LogP contribution is -2.51. The minimum absolute atomic E-state index is 0.0271. The molecule has 0 bridgehead atoms. The van der Waals surface area contributed by atoms with E-state index in [4.69, 9.17) is 0 Å². The van der Waals surface area contributed by atoms with E-state index in [9.17, 15) is 14.7 Å². The quantitative estimate of drug-likeness (QED) is 0.783. The molecule has 1 saturated carbocycles. The van der Waals surface area contributed by atoms with E-state index in [1.807, 2.05) is 4.90 Å². The van der Waals surface area contributed by atoms with E-state index in [1.165, 1.54) is 0 Å². The largest absolute Gasteiger partial charge is 0.396 e. The maximum absolute atomic E-state index is 12.8. The Kier molecular flexibility index (Phi) is 5.71. The summed E-state index contributed by atoms with van der Waals surface area (Å²) in [6.07, 6.45) is 3.28. The molecule has 0 spiro atoms. The first kappa shape index (κ1) is 18.2. The van der Waals surface area contributed by atoms with Crippen molar-refractivity contribution in [1.29, 1.82) is 0 Å². The van der Waals surface area contributed by atoms with Gasteiger partial charge in [0.25, 0.3) is 0 Å². The predicted octanol–water partition coefficient (Wildman–Crippen LogP) is 1.79. The minimum Gasteiger partial charge on any atom is -0.396 e. The van der Waals surface area contributed by atoms with Crippen LogP contribution in [0.15, 0.2) is 0 Å². The Hall–Kier alpha value is -1.10. The summed E-state index contributed by atoms with van der Waals surface area (Å²) in [6, 6.07) is -0.412. The van der Waals surface area contributed by atoms with Gasteiger partial charge in [-0.1, -0.05) is 27.7 Å². The number of carbonyl (C=O) groups is 2. The van der Waals surface area contributed by atoms with Crippen molar-refractivity contribution < 1.29 is 14.7 Å². The minimum atomic E-state index is -0.412. The standard InChI is InChI=1S/C18H32N2O3/c1-12(2)9-15(19-16(22)14-10-18(14,3)4)17(23)20-7-5-13(11-21)6-8-20/h12-15,21H,5-11H2,1-4H3,(H,19,22)/t14-,15?/m1/s1. The molecular formula is C18H32N2O3. The number of likely N-dealkylation sites (tertiary alicyclic amines) is 1. The first-order chi connectivity index (χ1) is 10.7. The third kappa shape index (κ3) is 4.69. The molecule has 2 atom stereocenters. The molecule has 5 nitrogen and oxygen atoms in total. The number of amides is 2. The third-order valence-electron chi connectivity index (χ3n) is 5.34. The van der Waals surface area contributed by atoms with Crippen molar-refractivity contribution in [2.45, 2.75) is 59.4 Å². The number of rotatable bonds is 6. The Morgan fingerprint density at radius 1 is 1.26 bits per heavy atom. The van der Waals surface area contributed by atoms with Gasteiger partial charge in [-0.2, -0.15) is 0 Å². The van der Waals surface area contributed by atoms with Gasteiger partial charge in [0.15, 0.2) is 0 Å². The van der Waals surface area contributed by atoms with Gasteiger partial charge in [0.1, 0.15) is 6.04 Å². The highest BCUT2D eigenvalue weighted by Crippen LogP contribution is 2.51. The van der Waals surface area contributed by atoms with Crippen molar-refractivity contribution in [2.75, 3.05) is 19.7 Å². The Morgan fingerprint density at radius 3 is 2.26 bits per heavy atom. The number of nitrogens with one attached hydrogen (secondary N) is 1. The van der Waals surface area contributed by atoms with Crippen molar-refractivity contribution >= 4 is 11.8 Å². The fraction of sp³-hybridized carbons (Fsp3) is 0.889. The van der Waals surface area contributed by atoms with Crippen LogP contribution in [0.25, 0.3) is 0 Å². The van der Waals surface area contributed by atoms with Crippen molar-refractivity contribution in [2.24, 2.45) is 23.2 Å². The zero-order valence-electron chi connectivity index (χ0n) is 15.0. The summed E-state index contributed by atoms with van der Waals surface area (Å²) < 4.78 is 0. The van der Waals surface area contributed by atoms with Gasteiger partial charge >= 0.3 is 0 Å². The van der Waals surface area contributed by atoms with Crippen molar-refractivity contribution in [1.82, 2.24) is 10.2 Å². The fourth-order valence-corrected chi connectivity index (χ4v) is 3.44. The lowest BCUT2D eigenvalue weighted by atomic mass is 9.96. The molecule has 1 heterocycles. The monoisotopic (exact) mass is 324 g/mol. The summed E-state index contributed by atoms with van der Waals surface area (Å²) >= 11 is 0. The number of carbonyl (C=O) groups excluding carboxylic acids is 2. The fourth-order valence-electron chi connectivity index (χ4n) is 3.44. The van der Waals surface area contributed by atoms with Crippen LogP contribution in [0, 0.1) is 23.2 Å². The van der Waals surface area contributed by atoms with Crippen LogP contribution in [0.4, 0.5) is 0 Å². The van der Waals surface area contributed by atoms with Gasteiger partial charge in [0.2, 0.25) is 11.8 Å². The summed E-state index contributed by atoms with van der Waals surface area (Å²) in [5.41, 5.74) is 0.0784. The highest BCUT2D eigenvalue weighted by Gasteiger charge is 2.51. The molecule has 0 aromatic carbocycles. The normalized spacial score (nSPS) is 25.3. The van der Waals surface area contributed by atoms with Gasteiger partial charge in [-0.05, 0) is 42.9 Å². The lowest BCUT2D eigenvalue weighted by molar-refractivity contribution is -0.138. The van der Waals surface area contributed by atoms with Crippen LogP contribution >= 0.6 is 0 Å². The van der Waals surface area contributed by atoms with E-state index in [2.05, 4.69) is 33.0 Å². The van der Waals surface area contributed by atoms with Gasteiger partial charge in [0, 0.05) is 25.6 Å². The highest BCUT2D eigenvalue weighted by molar-refractivity contribution is 5.90. The molecule has 1 aliphatic heterocycles. The first-order valence-corrected chi connectivity index (χ1v) is 8.94. The van der Waals surface area contributed by atoms with E-state index < -0.39 is 6.04 Å². The SMILES string of the molecule is CC(C)CC(NC(=O)[C@H]1CC1(C)C)C(=O)N1CCC(CO)CC1. The van der Waals surface area contributed by atoms with Crippen LogP contribution in [-0.4, -0.2) is 47.6 Å². The molecule has 1 saturated heterocycles. The maximum atomic E-state index is 12.8. The number of hydrogen-bond acceptors (Lipinski definition) is 3. The van der Waals surface area contributed by atoms with E-state index in [0.717, 1.165) is 19.3 Å². The second-order valence-electron chi connectivity index (χ2n) is 8.39. The number of aliphatic hydroxyl groups is 1. The Balaban J connectivity index is 1.94. The molecule has 2 amide bonds.